The lowest BCUT2D eigenvalue weighted by molar-refractivity contribution is -0.140. The molecule has 0 radical (unpaired) electrons. The molecule has 2 rings (SSSR count). The molecule has 6 heteroatoms. The minimum atomic E-state index is -3.76. The second-order valence-corrected chi connectivity index (χ2v) is 7.17. The quantitative estimate of drug-likeness (QED) is 0.924. The molecule has 110 valence electrons. The first-order chi connectivity index (χ1) is 9.25. The summed E-state index contributed by atoms with van der Waals surface area (Å²) in [4.78, 5) is 11.5. The van der Waals surface area contributed by atoms with Crippen molar-refractivity contribution in [2.75, 3.05) is 6.54 Å². The minimum Gasteiger partial charge on any atom is -0.480 e. The van der Waals surface area contributed by atoms with Gasteiger partial charge in [0.1, 0.15) is 6.04 Å². The zero-order valence-electron chi connectivity index (χ0n) is 11.9. The number of carboxylic acids is 1. The van der Waals surface area contributed by atoms with Crippen molar-refractivity contribution in [2.24, 2.45) is 0 Å². The summed E-state index contributed by atoms with van der Waals surface area (Å²) < 4.78 is 26.7. The average Bonchev–Trinajstić information content (AvgIpc) is 2.75. The van der Waals surface area contributed by atoms with Gasteiger partial charge in [-0.1, -0.05) is 17.7 Å². The van der Waals surface area contributed by atoms with E-state index in [0.29, 0.717) is 24.0 Å². The fourth-order valence-corrected chi connectivity index (χ4v) is 5.03. The van der Waals surface area contributed by atoms with Crippen LogP contribution in [0, 0.1) is 20.8 Å². The van der Waals surface area contributed by atoms with E-state index in [9.17, 15) is 18.3 Å². The normalized spacial score (nSPS) is 20.2. The second-order valence-electron chi connectivity index (χ2n) is 5.34. The van der Waals surface area contributed by atoms with E-state index in [1.165, 1.54) is 0 Å². The Morgan fingerprint density at radius 3 is 2.30 bits per heavy atom. The summed E-state index contributed by atoms with van der Waals surface area (Å²) in [5, 5.41) is 9.17. The lowest BCUT2D eigenvalue weighted by Gasteiger charge is -2.23. The van der Waals surface area contributed by atoms with Crippen molar-refractivity contribution >= 4 is 16.0 Å². The molecule has 1 saturated heterocycles. The molecule has 0 aliphatic carbocycles. The van der Waals surface area contributed by atoms with E-state index < -0.39 is 22.0 Å². The zero-order valence-corrected chi connectivity index (χ0v) is 12.7. The number of hydrogen-bond donors (Lipinski definition) is 1. The van der Waals surface area contributed by atoms with Gasteiger partial charge in [-0.2, -0.15) is 4.31 Å². The van der Waals surface area contributed by atoms with Crippen LogP contribution in [0.3, 0.4) is 0 Å². The summed E-state index contributed by atoms with van der Waals surface area (Å²) in [5.41, 5.74) is 2.33. The molecule has 1 aromatic carbocycles. The highest BCUT2D eigenvalue weighted by molar-refractivity contribution is 7.89. The summed E-state index contributed by atoms with van der Waals surface area (Å²) >= 11 is 0. The predicted molar refractivity (Wildman–Crippen MR) is 75.2 cm³/mol. The van der Waals surface area contributed by atoms with Crippen LogP contribution in [0.2, 0.25) is 0 Å². The fraction of sp³-hybridized carbons (Fsp3) is 0.500. The van der Waals surface area contributed by atoms with E-state index in [4.69, 9.17) is 0 Å². The van der Waals surface area contributed by atoms with Crippen LogP contribution in [0.25, 0.3) is 0 Å². The van der Waals surface area contributed by atoms with E-state index in [0.717, 1.165) is 9.87 Å². The van der Waals surface area contributed by atoms with Crippen molar-refractivity contribution in [3.8, 4) is 0 Å². The Hall–Kier alpha value is -1.40. The van der Waals surface area contributed by atoms with E-state index in [1.54, 1.807) is 13.8 Å². The molecule has 1 unspecified atom stereocenters. The zero-order chi connectivity index (χ0) is 15.1. The summed E-state index contributed by atoms with van der Waals surface area (Å²) in [7, 11) is -3.76. The van der Waals surface area contributed by atoms with Crippen molar-refractivity contribution in [1.82, 2.24) is 4.31 Å². The summed E-state index contributed by atoms with van der Waals surface area (Å²) in [6.07, 6.45) is 0.957. The number of hydrogen-bond acceptors (Lipinski definition) is 3. The van der Waals surface area contributed by atoms with Crippen LogP contribution in [-0.4, -0.2) is 36.4 Å². The van der Waals surface area contributed by atoms with Gasteiger partial charge in [-0.05, 0) is 44.7 Å². The van der Waals surface area contributed by atoms with Gasteiger partial charge < -0.3 is 5.11 Å². The van der Waals surface area contributed by atoms with E-state index >= 15 is 0 Å². The number of nitrogens with zero attached hydrogens (tertiary/aromatic N) is 1. The van der Waals surface area contributed by atoms with E-state index in [-0.39, 0.29) is 11.4 Å². The first-order valence-corrected chi connectivity index (χ1v) is 8.01. The van der Waals surface area contributed by atoms with Crippen LogP contribution < -0.4 is 0 Å². The Kier molecular flexibility index (Phi) is 3.88. The molecule has 1 heterocycles. The first-order valence-electron chi connectivity index (χ1n) is 6.57. The van der Waals surface area contributed by atoms with Crippen LogP contribution in [-0.2, 0) is 14.8 Å². The highest BCUT2D eigenvalue weighted by Gasteiger charge is 2.40. The summed E-state index contributed by atoms with van der Waals surface area (Å²) in [5.74, 6) is -1.08. The van der Waals surface area contributed by atoms with Gasteiger partial charge >= 0.3 is 5.97 Å². The van der Waals surface area contributed by atoms with Gasteiger partial charge in [0.05, 0.1) is 4.90 Å². The maximum Gasteiger partial charge on any atom is 0.322 e. The van der Waals surface area contributed by atoms with Gasteiger partial charge in [-0.15, -0.1) is 0 Å². The van der Waals surface area contributed by atoms with Gasteiger partial charge in [-0.25, -0.2) is 8.42 Å². The number of aryl methyl sites for hydroxylation is 3. The number of carbonyl (C=O) groups is 1. The van der Waals surface area contributed by atoms with Crippen molar-refractivity contribution < 1.29 is 18.3 Å². The third kappa shape index (κ3) is 2.45. The van der Waals surface area contributed by atoms with E-state index in [2.05, 4.69) is 0 Å². The van der Waals surface area contributed by atoms with Crippen LogP contribution in [0.1, 0.15) is 29.5 Å². The topological polar surface area (TPSA) is 74.7 Å². The maximum absolute atomic E-state index is 12.8. The lowest BCUT2D eigenvalue weighted by Crippen LogP contribution is -2.40. The van der Waals surface area contributed by atoms with Gasteiger partial charge in [0.15, 0.2) is 0 Å². The average molecular weight is 297 g/mol. The Morgan fingerprint density at radius 1 is 1.25 bits per heavy atom. The van der Waals surface area contributed by atoms with Crippen LogP contribution >= 0.6 is 0 Å². The number of benzene rings is 1. The Morgan fingerprint density at radius 2 is 1.80 bits per heavy atom. The molecule has 0 saturated carbocycles. The molecule has 1 aliphatic rings. The Bertz CT molecular complexity index is 628. The Labute approximate surface area is 119 Å². The van der Waals surface area contributed by atoms with E-state index in [1.807, 2.05) is 19.1 Å². The monoisotopic (exact) mass is 297 g/mol. The molecule has 1 fully saturated rings. The number of sulfonamides is 1. The predicted octanol–water partition coefficient (Wildman–Crippen LogP) is 1.85. The van der Waals surface area contributed by atoms with Gasteiger partial charge in [-0.3, -0.25) is 4.79 Å². The van der Waals surface area contributed by atoms with Crippen molar-refractivity contribution in [3.63, 3.8) is 0 Å². The highest BCUT2D eigenvalue weighted by atomic mass is 32.2. The van der Waals surface area contributed by atoms with Crippen LogP contribution in [0.15, 0.2) is 17.0 Å². The number of carboxylic acid groups (broad SMARTS) is 1. The van der Waals surface area contributed by atoms with Crippen molar-refractivity contribution in [3.05, 3.63) is 28.8 Å². The van der Waals surface area contributed by atoms with Crippen molar-refractivity contribution in [1.29, 1.82) is 0 Å². The summed E-state index contributed by atoms with van der Waals surface area (Å²) in [6.45, 7) is 5.68. The molecule has 0 spiro atoms. The molecule has 1 N–H and O–H groups in total. The minimum absolute atomic E-state index is 0.247. The largest absolute Gasteiger partial charge is 0.480 e. The number of rotatable bonds is 3. The molecule has 0 aromatic heterocycles. The van der Waals surface area contributed by atoms with Crippen LogP contribution in [0.4, 0.5) is 0 Å². The molecule has 1 aliphatic heterocycles. The van der Waals surface area contributed by atoms with Gasteiger partial charge in [0.2, 0.25) is 10.0 Å². The fourth-order valence-electron chi connectivity index (χ4n) is 2.97. The molecule has 0 bridgehead atoms. The van der Waals surface area contributed by atoms with Gasteiger partial charge in [0.25, 0.3) is 0 Å². The Balaban J connectivity index is 2.54. The molecular weight excluding hydrogens is 278 g/mol. The van der Waals surface area contributed by atoms with Gasteiger partial charge in [0, 0.05) is 6.54 Å². The third-order valence-electron chi connectivity index (χ3n) is 3.66. The smallest absolute Gasteiger partial charge is 0.322 e. The van der Waals surface area contributed by atoms with Crippen molar-refractivity contribution in [2.45, 2.75) is 44.6 Å². The number of aliphatic carboxylic acids is 1. The van der Waals surface area contributed by atoms with Crippen LogP contribution in [0.5, 0.6) is 0 Å². The highest BCUT2D eigenvalue weighted by Crippen LogP contribution is 2.30. The second kappa shape index (κ2) is 5.18. The molecule has 1 aromatic rings. The summed E-state index contributed by atoms with van der Waals surface area (Å²) in [6, 6.07) is 2.68. The standard InChI is InChI=1S/C14H19NO4S/c1-9-7-10(2)13(11(3)8-9)20(18,19)15-6-4-5-12(15)14(16)17/h7-8,12H,4-6H2,1-3H3,(H,16,17). The molecule has 5 nitrogen and oxygen atoms in total. The molecule has 0 amide bonds. The molecule has 1 atom stereocenters. The SMILES string of the molecule is Cc1cc(C)c(S(=O)(=O)N2CCCC2C(=O)O)c(C)c1. The third-order valence-corrected chi connectivity index (χ3v) is 5.87. The lowest BCUT2D eigenvalue weighted by atomic mass is 10.1. The molecular formula is C14H19NO4S. The molecule has 20 heavy (non-hydrogen) atoms. The first kappa shape index (κ1) is 15.0. The maximum atomic E-state index is 12.8.